The van der Waals surface area contributed by atoms with Gasteiger partial charge in [0.05, 0.1) is 6.42 Å². The molecule has 0 spiro atoms. The molecule has 0 unspecified atom stereocenters. The summed E-state index contributed by atoms with van der Waals surface area (Å²) in [5.41, 5.74) is 4.05. The van der Waals surface area contributed by atoms with Crippen LogP contribution >= 0.6 is 11.3 Å². The molecule has 0 saturated heterocycles. The van der Waals surface area contributed by atoms with E-state index in [1.807, 2.05) is 43.7 Å². The lowest BCUT2D eigenvalue weighted by molar-refractivity contribution is -0.134. The lowest BCUT2D eigenvalue weighted by atomic mass is 10.1. The van der Waals surface area contributed by atoms with Gasteiger partial charge in [0.25, 0.3) is 0 Å². The van der Waals surface area contributed by atoms with Crippen LogP contribution in [0, 0.1) is 20.8 Å². The topological polar surface area (TPSA) is 65.2 Å². The summed E-state index contributed by atoms with van der Waals surface area (Å²) in [6, 6.07) is 5.86. The Labute approximate surface area is 144 Å². The van der Waals surface area contributed by atoms with Crippen molar-refractivity contribution in [1.29, 1.82) is 0 Å². The van der Waals surface area contributed by atoms with Gasteiger partial charge in [0, 0.05) is 17.4 Å². The van der Waals surface area contributed by atoms with Gasteiger partial charge in [-0.1, -0.05) is 6.07 Å². The second-order valence-corrected chi connectivity index (χ2v) is 6.47. The molecule has 0 saturated carbocycles. The number of aromatic nitrogens is 2. The van der Waals surface area contributed by atoms with Gasteiger partial charge in [-0.15, -0.1) is 10.2 Å². The molecular weight excluding hydrogens is 324 g/mol. The van der Waals surface area contributed by atoms with Crippen molar-refractivity contribution in [3.63, 3.8) is 0 Å². The zero-order chi connectivity index (χ0) is 17.1. The first-order chi connectivity index (χ1) is 11.5. The third-order valence-corrected chi connectivity index (χ3v) is 4.45. The van der Waals surface area contributed by atoms with Crippen molar-refractivity contribution in [3.8, 4) is 17.2 Å². The molecule has 0 fully saturated rings. The number of carbonyl (C=O) groups is 1. The number of hydrogen-bond donors (Lipinski definition) is 0. The molecule has 0 aliphatic heterocycles. The fraction of sp³-hybridized carbons (Fsp3) is 0.278. The van der Waals surface area contributed by atoms with Crippen LogP contribution in [0.25, 0.3) is 11.5 Å². The summed E-state index contributed by atoms with van der Waals surface area (Å²) < 4.78 is 11.0. The molecule has 2 aromatic heterocycles. The van der Waals surface area contributed by atoms with Crippen LogP contribution in [0.2, 0.25) is 0 Å². The highest BCUT2D eigenvalue weighted by Crippen LogP contribution is 2.24. The smallest absolute Gasteiger partial charge is 0.311 e. The number of nitrogens with zero attached hydrogens (tertiary/aromatic N) is 2. The van der Waals surface area contributed by atoms with Crippen molar-refractivity contribution in [2.24, 2.45) is 0 Å². The summed E-state index contributed by atoms with van der Waals surface area (Å²) in [5, 5.41) is 11.9. The standard InChI is InChI=1S/C18H18N2O3S/c1-11-8-12(2)13(3)15(9-11)22-17(21)5-4-16-19-20-18(23-16)14-6-7-24-10-14/h6-10H,4-5H2,1-3H3. The van der Waals surface area contributed by atoms with Crippen molar-refractivity contribution >= 4 is 17.3 Å². The predicted octanol–water partition coefficient (Wildman–Crippen LogP) is 4.26. The molecule has 24 heavy (non-hydrogen) atoms. The minimum atomic E-state index is -0.307. The van der Waals surface area contributed by atoms with E-state index in [1.54, 1.807) is 11.3 Å². The molecule has 0 bridgehead atoms. The first kappa shape index (κ1) is 16.4. The maximum absolute atomic E-state index is 12.1. The molecule has 3 aromatic rings. The molecule has 5 nitrogen and oxygen atoms in total. The van der Waals surface area contributed by atoms with Gasteiger partial charge in [0.1, 0.15) is 5.75 Å². The number of thiophene rings is 1. The van der Waals surface area contributed by atoms with Crippen LogP contribution in [0.5, 0.6) is 5.75 Å². The van der Waals surface area contributed by atoms with Crippen molar-refractivity contribution < 1.29 is 13.9 Å². The van der Waals surface area contributed by atoms with Crippen LogP contribution in [0.1, 0.15) is 29.0 Å². The number of hydrogen-bond acceptors (Lipinski definition) is 6. The minimum absolute atomic E-state index is 0.192. The minimum Gasteiger partial charge on any atom is -0.426 e. The van der Waals surface area contributed by atoms with E-state index < -0.39 is 0 Å². The summed E-state index contributed by atoms with van der Waals surface area (Å²) in [6.45, 7) is 5.93. The molecule has 0 amide bonds. The maximum atomic E-state index is 12.1. The Balaban J connectivity index is 1.60. The van der Waals surface area contributed by atoms with Crippen molar-refractivity contribution in [2.45, 2.75) is 33.6 Å². The fourth-order valence-electron chi connectivity index (χ4n) is 2.35. The van der Waals surface area contributed by atoms with Crippen LogP contribution < -0.4 is 4.74 Å². The molecule has 2 heterocycles. The Hall–Kier alpha value is -2.47. The average Bonchev–Trinajstić information content (AvgIpc) is 3.21. The highest BCUT2D eigenvalue weighted by atomic mass is 32.1. The van der Waals surface area contributed by atoms with Crippen molar-refractivity contribution in [1.82, 2.24) is 10.2 Å². The first-order valence-corrected chi connectivity index (χ1v) is 8.60. The quantitative estimate of drug-likeness (QED) is 0.512. The van der Waals surface area contributed by atoms with E-state index in [4.69, 9.17) is 9.15 Å². The van der Waals surface area contributed by atoms with Crippen LogP contribution in [0.3, 0.4) is 0 Å². The molecule has 0 aliphatic rings. The van der Waals surface area contributed by atoms with E-state index in [0.717, 1.165) is 22.3 Å². The molecule has 0 aliphatic carbocycles. The summed E-state index contributed by atoms with van der Waals surface area (Å²) in [5.74, 6) is 1.22. The van der Waals surface area contributed by atoms with E-state index in [2.05, 4.69) is 16.3 Å². The Kier molecular flexibility index (Phi) is 4.76. The van der Waals surface area contributed by atoms with E-state index in [0.29, 0.717) is 24.0 Å². The first-order valence-electron chi connectivity index (χ1n) is 7.66. The molecule has 1 aromatic carbocycles. The second-order valence-electron chi connectivity index (χ2n) is 5.69. The van der Waals surface area contributed by atoms with E-state index >= 15 is 0 Å². The number of esters is 1. The Morgan fingerprint density at radius 1 is 1.25 bits per heavy atom. The SMILES string of the molecule is Cc1cc(C)c(C)c(OC(=O)CCc2nnc(-c3ccsc3)o2)c1. The molecule has 0 atom stereocenters. The monoisotopic (exact) mass is 342 g/mol. The maximum Gasteiger partial charge on any atom is 0.311 e. The van der Waals surface area contributed by atoms with Crippen LogP contribution in [0.15, 0.2) is 33.4 Å². The molecular formula is C18H18N2O3S. The fourth-order valence-corrected chi connectivity index (χ4v) is 2.98. The molecule has 124 valence electrons. The Morgan fingerprint density at radius 3 is 2.83 bits per heavy atom. The van der Waals surface area contributed by atoms with Gasteiger partial charge in [0.2, 0.25) is 11.8 Å². The van der Waals surface area contributed by atoms with Crippen molar-refractivity contribution in [2.75, 3.05) is 0 Å². The predicted molar refractivity (Wildman–Crippen MR) is 92.2 cm³/mol. The van der Waals surface area contributed by atoms with Gasteiger partial charge in [0.15, 0.2) is 0 Å². The van der Waals surface area contributed by atoms with Crippen LogP contribution in [-0.2, 0) is 11.2 Å². The molecule has 3 rings (SSSR count). The zero-order valence-corrected chi connectivity index (χ0v) is 14.6. The van der Waals surface area contributed by atoms with E-state index in [9.17, 15) is 4.79 Å². The lowest BCUT2D eigenvalue weighted by Crippen LogP contribution is -2.10. The summed E-state index contributed by atoms with van der Waals surface area (Å²) in [7, 11) is 0. The van der Waals surface area contributed by atoms with Gasteiger partial charge >= 0.3 is 5.97 Å². The second kappa shape index (κ2) is 6.97. The van der Waals surface area contributed by atoms with E-state index in [-0.39, 0.29) is 12.4 Å². The number of aryl methyl sites for hydroxylation is 3. The van der Waals surface area contributed by atoms with Gasteiger partial charge in [-0.2, -0.15) is 11.3 Å². The number of benzene rings is 1. The summed E-state index contributed by atoms with van der Waals surface area (Å²) >= 11 is 1.56. The molecule has 6 heteroatoms. The van der Waals surface area contributed by atoms with Gasteiger partial charge in [-0.3, -0.25) is 4.79 Å². The van der Waals surface area contributed by atoms with E-state index in [1.165, 1.54) is 0 Å². The summed E-state index contributed by atoms with van der Waals surface area (Å²) in [4.78, 5) is 12.1. The number of rotatable bonds is 5. The highest BCUT2D eigenvalue weighted by Gasteiger charge is 2.13. The highest BCUT2D eigenvalue weighted by molar-refractivity contribution is 7.08. The number of carbonyl (C=O) groups excluding carboxylic acids is 1. The summed E-state index contributed by atoms with van der Waals surface area (Å²) in [6.07, 6.45) is 0.553. The van der Waals surface area contributed by atoms with Crippen molar-refractivity contribution in [3.05, 3.63) is 51.5 Å². The lowest BCUT2D eigenvalue weighted by Gasteiger charge is -2.10. The average molecular weight is 342 g/mol. The zero-order valence-electron chi connectivity index (χ0n) is 13.8. The van der Waals surface area contributed by atoms with Crippen LogP contribution in [-0.4, -0.2) is 16.2 Å². The Morgan fingerprint density at radius 2 is 2.08 bits per heavy atom. The normalized spacial score (nSPS) is 10.8. The molecule has 0 N–H and O–H groups in total. The van der Waals surface area contributed by atoms with Gasteiger partial charge in [-0.05, 0) is 55.0 Å². The Bertz CT molecular complexity index is 853. The van der Waals surface area contributed by atoms with Crippen LogP contribution in [0.4, 0.5) is 0 Å². The molecule has 0 radical (unpaired) electrons. The largest absolute Gasteiger partial charge is 0.426 e. The number of ether oxygens (including phenoxy) is 1. The van der Waals surface area contributed by atoms with Gasteiger partial charge in [-0.25, -0.2) is 0 Å². The third kappa shape index (κ3) is 3.71. The van der Waals surface area contributed by atoms with Gasteiger partial charge < -0.3 is 9.15 Å². The third-order valence-electron chi connectivity index (χ3n) is 3.77.